The highest BCUT2D eigenvalue weighted by molar-refractivity contribution is 5.95. The SMILES string of the molecule is CCN(CCCC[C@H](NC(=O)C(CC(=O)[C@H](C)NC(=O)CCC(=O)CC(C)C)CC1CCCCC1)C(=O)CCC(N)=O)C(C)C.CO.Cc1ccccc1. The average Bonchev–Trinajstić information content (AvgIpc) is 3.13. The van der Waals surface area contributed by atoms with Crippen LogP contribution in [0.3, 0.4) is 0 Å². The number of nitrogens with one attached hydrogen (secondary N) is 2. The molecule has 0 radical (unpaired) electrons. The number of amides is 3. The van der Waals surface area contributed by atoms with E-state index in [-0.39, 0.29) is 67.2 Å². The Hall–Kier alpha value is -3.44. The second-order valence-corrected chi connectivity index (χ2v) is 15.4. The summed E-state index contributed by atoms with van der Waals surface area (Å²) < 4.78 is 0. The highest BCUT2D eigenvalue weighted by atomic mass is 16.2. The fourth-order valence-electron chi connectivity index (χ4n) is 6.74. The number of nitrogens with two attached hydrogens (primary N) is 1. The molecule has 2 rings (SSSR count). The highest BCUT2D eigenvalue weighted by Gasteiger charge is 2.31. The minimum Gasteiger partial charge on any atom is -0.400 e. The summed E-state index contributed by atoms with van der Waals surface area (Å²) >= 11 is 0. The zero-order valence-electron chi connectivity index (χ0n) is 34.8. The third kappa shape index (κ3) is 24.1. The molecule has 0 bridgehead atoms. The zero-order chi connectivity index (χ0) is 41.1. The van der Waals surface area contributed by atoms with E-state index in [9.17, 15) is 28.8 Å². The van der Waals surface area contributed by atoms with Crippen LogP contribution in [0.5, 0.6) is 0 Å². The Morgan fingerprint density at radius 2 is 1.44 bits per heavy atom. The number of aliphatic hydroxyl groups excluding tert-OH is 1. The molecule has 0 heterocycles. The highest BCUT2D eigenvalue weighted by Crippen LogP contribution is 2.31. The molecule has 1 fully saturated rings. The van der Waals surface area contributed by atoms with E-state index in [0.717, 1.165) is 65.1 Å². The van der Waals surface area contributed by atoms with E-state index in [4.69, 9.17) is 10.8 Å². The molecule has 54 heavy (non-hydrogen) atoms. The Labute approximate surface area is 326 Å². The Morgan fingerprint density at radius 3 is 1.96 bits per heavy atom. The van der Waals surface area contributed by atoms with Gasteiger partial charge < -0.3 is 26.4 Å². The maximum atomic E-state index is 13.8. The number of Topliss-reactive ketones (excluding diaryl/α,β-unsaturated/α-hetero) is 3. The fourth-order valence-corrected chi connectivity index (χ4v) is 6.74. The Kier molecular flexibility index (Phi) is 28.0. The number of carbonyl (C=O) groups is 6. The largest absolute Gasteiger partial charge is 0.400 e. The first kappa shape index (κ1) is 50.6. The maximum absolute atomic E-state index is 13.8. The summed E-state index contributed by atoms with van der Waals surface area (Å²) in [5.74, 6) is -1.80. The molecule has 5 N–H and O–H groups in total. The van der Waals surface area contributed by atoms with Crippen molar-refractivity contribution < 1.29 is 33.9 Å². The van der Waals surface area contributed by atoms with Gasteiger partial charge in [-0.2, -0.15) is 0 Å². The van der Waals surface area contributed by atoms with Gasteiger partial charge in [0.05, 0.1) is 12.1 Å². The monoisotopic (exact) mass is 759 g/mol. The molecule has 3 atom stereocenters. The summed E-state index contributed by atoms with van der Waals surface area (Å²) in [6.45, 7) is 15.8. The number of benzene rings is 1. The van der Waals surface area contributed by atoms with Crippen molar-refractivity contribution in [3.63, 3.8) is 0 Å². The van der Waals surface area contributed by atoms with Gasteiger partial charge in [0.15, 0.2) is 11.6 Å². The smallest absolute Gasteiger partial charge is 0.224 e. The molecule has 1 aliphatic carbocycles. The normalized spacial score (nSPS) is 14.5. The number of unbranched alkanes of at least 4 members (excludes halogenated alkanes) is 1. The quantitative estimate of drug-likeness (QED) is 0.0894. The molecule has 1 saturated carbocycles. The lowest BCUT2D eigenvalue weighted by Gasteiger charge is -2.28. The van der Waals surface area contributed by atoms with E-state index < -0.39 is 23.9 Å². The lowest BCUT2D eigenvalue weighted by atomic mass is 9.80. The van der Waals surface area contributed by atoms with Crippen LogP contribution in [0, 0.1) is 24.7 Å². The van der Waals surface area contributed by atoms with Gasteiger partial charge in [-0.1, -0.05) is 88.8 Å². The van der Waals surface area contributed by atoms with Gasteiger partial charge in [-0.15, -0.1) is 0 Å². The molecule has 1 unspecified atom stereocenters. The Morgan fingerprint density at radius 1 is 0.815 bits per heavy atom. The summed E-state index contributed by atoms with van der Waals surface area (Å²) in [5.41, 5.74) is 6.62. The van der Waals surface area contributed by atoms with Crippen LogP contribution in [0.15, 0.2) is 30.3 Å². The number of ketones is 3. The number of carbonyl (C=O) groups excluding carboxylic acids is 6. The predicted molar refractivity (Wildman–Crippen MR) is 217 cm³/mol. The Balaban J connectivity index is 0.00000274. The van der Waals surface area contributed by atoms with Crippen molar-refractivity contribution >= 4 is 35.1 Å². The molecule has 1 aliphatic rings. The first-order chi connectivity index (χ1) is 25.6. The second kappa shape index (κ2) is 29.9. The number of primary amides is 1. The minimum atomic E-state index is -0.796. The number of nitrogens with zero attached hydrogens (tertiary/aromatic N) is 1. The topological polar surface area (TPSA) is 176 Å². The van der Waals surface area contributed by atoms with Gasteiger partial charge in [-0.3, -0.25) is 28.8 Å². The van der Waals surface area contributed by atoms with Crippen LogP contribution in [0.4, 0.5) is 0 Å². The van der Waals surface area contributed by atoms with Gasteiger partial charge in [-0.25, -0.2) is 0 Å². The van der Waals surface area contributed by atoms with Crippen molar-refractivity contribution in [3.8, 4) is 0 Å². The molecule has 3 amide bonds. The summed E-state index contributed by atoms with van der Waals surface area (Å²) in [6, 6.07) is 9.13. The van der Waals surface area contributed by atoms with Crippen LogP contribution >= 0.6 is 0 Å². The summed E-state index contributed by atoms with van der Waals surface area (Å²) in [6.07, 6.45) is 8.35. The summed E-state index contributed by atoms with van der Waals surface area (Å²) in [5, 5.41) is 12.7. The van der Waals surface area contributed by atoms with E-state index in [1.54, 1.807) is 6.92 Å². The number of aliphatic hydroxyl groups is 1. The lowest BCUT2D eigenvalue weighted by molar-refractivity contribution is -0.134. The van der Waals surface area contributed by atoms with Crippen LogP contribution in [0.25, 0.3) is 0 Å². The fraction of sp³-hybridized carbons (Fsp3) is 0.721. The van der Waals surface area contributed by atoms with Gasteiger partial charge in [0.1, 0.15) is 5.78 Å². The minimum absolute atomic E-state index is 0.0193. The number of hydrogen-bond donors (Lipinski definition) is 4. The first-order valence-electron chi connectivity index (χ1n) is 20.3. The summed E-state index contributed by atoms with van der Waals surface area (Å²) in [4.78, 5) is 78.4. The van der Waals surface area contributed by atoms with E-state index >= 15 is 0 Å². The van der Waals surface area contributed by atoms with Crippen LogP contribution < -0.4 is 16.4 Å². The number of hydrogen-bond acceptors (Lipinski definition) is 8. The standard InChI is InChI=1S/C35H62N4O6.C7H8.CH4O/c1-7-39(25(4)5)20-12-11-15-30(31(41)17-18-33(36)43)38-35(45)28(22-27-13-9-8-10-14-27)23-32(42)26(6)37-34(44)19-16-29(40)21-24(2)3;1-7-5-3-2-4-6-7;1-2/h24-28,30H,7-23H2,1-6H3,(H2,36,43)(H,37,44)(H,38,45);2-6H,1H3;2H,1H3/t26-,28?,30-;;/m0../s1. The molecule has 0 aliphatic heterocycles. The molecule has 11 heteroatoms. The van der Waals surface area contributed by atoms with Crippen molar-refractivity contribution in [3.05, 3.63) is 35.9 Å². The van der Waals surface area contributed by atoms with Gasteiger partial charge in [0.25, 0.3) is 0 Å². The van der Waals surface area contributed by atoms with E-state index in [2.05, 4.69) is 55.4 Å². The number of aryl methyl sites for hydroxylation is 1. The van der Waals surface area contributed by atoms with Crippen molar-refractivity contribution in [1.82, 2.24) is 15.5 Å². The van der Waals surface area contributed by atoms with E-state index in [1.165, 1.54) is 5.56 Å². The van der Waals surface area contributed by atoms with Gasteiger partial charge in [0.2, 0.25) is 17.7 Å². The third-order valence-electron chi connectivity index (χ3n) is 9.88. The molecule has 11 nitrogen and oxygen atoms in total. The van der Waals surface area contributed by atoms with Crippen LogP contribution in [-0.2, 0) is 28.8 Å². The average molecular weight is 759 g/mol. The third-order valence-corrected chi connectivity index (χ3v) is 9.88. The van der Waals surface area contributed by atoms with Crippen LogP contribution in [0.2, 0.25) is 0 Å². The maximum Gasteiger partial charge on any atom is 0.224 e. The lowest BCUT2D eigenvalue weighted by Crippen LogP contribution is -2.46. The molecule has 308 valence electrons. The summed E-state index contributed by atoms with van der Waals surface area (Å²) in [7, 11) is 1.00. The first-order valence-corrected chi connectivity index (χ1v) is 20.3. The van der Waals surface area contributed by atoms with E-state index in [0.29, 0.717) is 31.2 Å². The van der Waals surface area contributed by atoms with E-state index in [1.807, 2.05) is 32.0 Å². The van der Waals surface area contributed by atoms with Gasteiger partial charge >= 0.3 is 0 Å². The molecule has 1 aromatic carbocycles. The number of rotatable bonds is 24. The predicted octanol–water partition coefficient (Wildman–Crippen LogP) is 6.26. The molecular weight excluding hydrogens is 684 g/mol. The second-order valence-electron chi connectivity index (χ2n) is 15.4. The van der Waals surface area contributed by atoms with Crippen LogP contribution in [-0.4, -0.2) is 83.4 Å². The van der Waals surface area contributed by atoms with Crippen molar-refractivity contribution in [2.24, 2.45) is 23.5 Å². The van der Waals surface area contributed by atoms with Gasteiger partial charge in [-0.05, 0) is 78.3 Å². The molecule has 0 saturated heterocycles. The van der Waals surface area contributed by atoms with Crippen molar-refractivity contribution in [2.75, 3.05) is 20.2 Å². The zero-order valence-corrected chi connectivity index (χ0v) is 34.8. The molecule has 1 aromatic rings. The molecule has 0 spiro atoms. The van der Waals surface area contributed by atoms with Gasteiger partial charge in [0, 0.05) is 57.6 Å². The molecular formula is C43H74N4O7. The van der Waals surface area contributed by atoms with Crippen molar-refractivity contribution in [2.45, 2.75) is 163 Å². The molecule has 0 aromatic heterocycles. The van der Waals surface area contributed by atoms with Crippen LogP contribution in [0.1, 0.15) is 143 Å². The van der Waals surface area contributed by atoms with Crippen molar-refractivity contribution in [1.29, 1.82) is 0 Å². The Bertz CT molecular complexity index is 1230.